The fourth-order valence-corrected chi connectivity index (χ4v) is 6.21. The Morgan fingerprint density at radius 3 is 1.83 bits per heavy atom. The van der Waals surface area contributed by atoms with Crippen LogP contribution in [-0.4, -0.2) is 38.1 Å². The molecule has 1 aliphatic heterocycles. The average Bonchev–Trinajstić information content (AvgIpc) is 2.52. The highest BCUT2D eigenvalue weighted by molar-refractivity contribution is 5.94. The second-order valence-electron chi connectivity index (χ2n) is 8.71. The van der Waals surface area contributed by atoms with E-state index in [0.29, 0.717) is 5.92 Å². The second kappa shape index (κ2) is 5.49. The molecular weight excluding hydrogens is 288 g/mol. The van der Waals surface area contributed by atoms with Gasteiger partial charge in [0.1, 0.15) is 12.1 Å². The lowest BCUT2D eigenvalue weighted by molar-refractivity contribution is -0.0588. The van der Waals surface area contributed by atoms with Gasteiger partial charge in [0.15, 0.2) is 0 Å². The summed E-state index contributed by atoms with van der Waals surface area (Å²) in [6.45, 7) is 4.34. The minimum Gasteiger partial charge on any atom is -0.483 e. The Hall–Kier alpha value is -1.06. The van der Waals surface area contributed by atoms with Crippen LogP contribution in [0.5, 0.6) is 0 Å². The van der Waals surface area contributed by atoms with Crippen molar-refractivity contribution in [3.63, 3.8) is 0 Å². The van der Waals surface area contributed by atoms with Crippen molar-refractivity contribution in [3.05, 3.63) is 0 Å². The van der Waals surface area contributed by atoms with E-state index in [1.807, 2.05) is 0 Å². The van der Waals surface area contributed by atoms with E-state index >= 15 is 0 Å². The van der Waals surface area contributed by atoms with E-state index in [-0.39, 0.29) is 17.5 Å². The summed E-state index contributed by atoms with van der Waals surface area (Å²) < 4.78 is 11.4. The maximum absolute atomic E-state index is 5.75. The summed E-state index contributed by atoms with van der Waals surface area (Å²) in [4.78, 5) is 10.0. The molecular formula is C19H30N2O2. The van der Waals surface area contributed by atoms with Crippen molar-refractivity contribution in [2.24, 2.45) is 39.1 Å². The van der Waals surface area contributed by atoms with Gasteiger partial charge in [0, 0.05) is 5.41 Å². The fraction of sp³-hybridized carbons (Fsp3) is 0.895. The van der Waals surface area contributed by atoms with Gasteiger partial charge >= 0.3 is 0 Å². The van der Waals surface area contributed by atoms with E-state index in [4.69, 9.17) is 19.5 Å². The molecule has 2 atom stereocenters. The Kier molecular flexibility index (Phi) is 3.69. The number of hydrogen-bond donors (Lipinski definition) is 0. The first kappa shape index (κ1) is 15.5. The molecule has 0 aromatic carbocycles. The fourth-order valence-electron chi connectivity index (χ4n) is 6.21. The van der Waals surface area contributed by atoms with Crippen molar-refractivity contribution in [1.29, 1.82) is 0 Å². The average molecular weight is 318 g/mol. The summed E-state index contributed by atoms with van der Waals surface area (Å²) in [5.41, 5.74) is 0.273. The Labute approximate surface area is 139 Å². The molecule has 0 aromatic rings. The van der Waals surface area contributed by atoms with E-state index in [9.17, 15) is 0 Å². The molecule has 4 nitrogen and oxygen atoms in total. The van der Waals surface area contributed by atoms with Gasteiger partial charge in [-0.05, 0) is 62.2 Å². The van der Waals surface area contributed by atoms with Crippen molar-refractivity contribution < 1.29 is 9.47 Å². The summed E-state index contributed by atoms with van der Waals surface area (Å²) in [6, 6.07) is 0.0750. The van der Waals surface area contributed by atoms with Crippen LogP contribution in [0.3, 0.4) is 0 Å². The molecule has 0 unspecified atom stereocenters. The summed E-state index contributed by atoms with van der Waals surface area (Å²) in [6.07, 6.45) is 8.25. The van der Waals surface area contributed by atoms with Crippen LogP contribution < -0.4 is 0 Å². The molecule has 4 heteroatoms. The van der Waals surface area contributed by atoms with Gasteiger partial charge in [-0.25, -0.2) is 9.98 Å². The zero-order chi connectivity index (χ0) is 16.2. The molecule has 1 heterocycles. The normalized spacial score (nSPS) is 45.0. The number of nitrogens with zero attached hydrogens (tertiary/aromatic N) is 2. The Bertz CT molecular complexity index is 502. The summed E-state index contributed by atoms with van der Waals surface area (Å²) >= 11 is 0. The number of hydrogen-bond acceptors (Lipinski definition) is 4. The highest BCUT2D eigenvalue weighted by atomic mass is 16.5. The Morgan fingerprint density at radius 1 is 0.870 bits per heavy atom. The standard InChI is InChI=1S/C19H30N2O2/c1-11(2)15-17(22-3)21-16(18(20-15)23-4)19-8-12-5-13(9-19)7-14(6-12)10-19/h11-16H,5-10H2,1-4H3/t12?,13?,14?,15-,16-,19?/m1/s1. The summed E-state index contributed by atoms with van der Waals surface area (Å²) in [5.74, 6) is 4.75. The SMILES string of the molecule is COC1=N[C@H](C(C)C)C(OC)=N[C@H]1C12CC3CC(CC(C3)C1)C2. The van der Waals surface area contributed by atoms with E-state index in [0.717, 1.165) is 29.5 Å². The molecule has 5 rings (SSSR count). The number of ether oxygens (including phenoxy) is 2. The van der Waals surface area contributed by atoms with Crippen molar-refractivity contribution in [2.45, 2.75) is 64.5 Å². The van der Waals surface area contributed by atoms with Crippen LogP contribution in [0.2, 0.25) is 0 Å². The van der Waals surface area contributed by atoms with Crippen molar-refractivity contribution >= 4 is 11.8 Å². The molecule has 4 aliphatic carbocycles. The van der Waals surface area contributed by atoms with E-state index in [1.165, 1.54) is 38.5 Å². The van der Waals surface area contributed by atoms with E-state index < -0.39 is 0 Å². The first-order chi connectivity index (χ1) is 11.0. The summed E-state index contributed by atoms with van der Waals surface area (Å²) in [7, 11) is 3.50. The lowest BCUT2D eigenvalue weighted by atomic mass is 9.47. The molecule has 0 spiro atoms. The van der Waals surface area contributed by atoms with Crippen LogP contribution in [-0.2, 0) is 9.47 Å². The smallest absolute Gasteiger partial charge is 0.210 e. The minimum absolute atomic E-state index is 0.000104. The molecule has 5 aliphatic rings. The van der Waals surface area contributed by atoms with Gasteiger partial charge in [-0.1, -0.05) is 13.8 Å². The monoisotopic (exact) mass is 318 g/mol. The molecule has 0 aromatic heterocycles. The maximum atomic E-state index is 5.75. The van der Waals surface area contributed by atoms with Gasteiger partial charge in [-0.15, -0.1) is 0 Å². The van der Waals surface area contributed by atoms with Crippen molar-refractivity contribution in [2.75, 3.05) is 14.2 Å². The first-order valence-corrected chi connectivity index (χ1v) is 9.28. The van der Waals surface area contributed by atoms with Gasteiger partial charge in [-0.2, -0.15) is 0 Å². The van der Waals surface area contributed by atoms with Gasteiger partial charge in [0.25, 0.3) is 0 Å². The molecule has 0 N–H and O–H groups in total. The van der Waals surface area contributed by atoms with Crippen LogP contribution >= 0.6 is 0 Å². The highest BCUT2D eigenvalue weighted by Crippen LogP contribution is 2.62. The minimum atomic E-state index is 0.000104. The topological polar surface area (TPSA) is 43.2 Å². The highest BCUT2D eigenvalue weighted by Gasteiger charge is 2.56. The number of rotatable bonds is 2. The zero-order valence-electron chi connectivity index (χ0n) is 14.9. The van der Waals surface area contributed by atoms with Crippen LogP contribution in [0.4, 0.5) is 0 Å². The van der Waals surface area contributed by atoms with Gasteiger partial charge < -0.3 is 9.47 Å². The third kappa shape index (κ3) is 2.40. The molecule has 4 saturated carbocycles. The van der Waals surface area contributed by atoms with Crippen LogP contribution in [0.25, 0.3) is 0 Å². The Morgan fingerprint density at radius 2 is 1.39 bits per heavy atom. The van der Waals surface area contributed by atoms with Crippen molar-refractivity contribution in [3.8, 4) is 0 Å². The quantitative estimate of drug-likeness (QED) is 0.779. The molecule has 4 fully saturated rings. The van der Waals surface area contributed by atoms with E-state index in [2.05, 4.69) is 13.8 Å². The lowest BCUT2D eigenvalue weighted by Gasteiger charge is -2.58. The van der Waals surface area contributed by atoms with Crippen molar-refractivity contribution in [1.82, 2.24) is 0 Å². The van der Waals surface area contributed by atoms with Crippen LogP contribution in [0.1, 0.15) is 52.4 Å². The predicted molar refractivity (Wildman–Crippen MR) is 91.9 cm³/mol. The molecule has 128 valence electrons. The second-order valence-corrected chi connectivity index (χ2v) is 8.71. The largest absolute Gasteiger partial charge is 0.483 e. The zero-order valence-corrected chi connectivity index (χ0v) is 14.9. The third-order valence-electron chi connectivity index (χ3n) is 6.73. The molecule has 0 saturated heterocycles. The number of aliphatic imine (C=N–C) groups is 2. The molecule has 0 radical (unpaired) electrons. The third-order valence-corrected chi connectivity index (χ3v) is 6.73. The number of methoxy groups -OCH3 is 2. The lowest BCUT2D eigenvalue weighted by Crippen LogP contribution is -2.55. The molecule has 23 heavy (non-hydrogen) atoms. The van der Waals surface area contributed by atoms with Gasteiger partial charge in [-0.3, -0.25) is 0 Å². The maximum Gasteiger partial charge on any atom is 0.210 e. The molecule has 0 amide bonds. The van der Waals surface area contributed by atoms with Gasteiger partial charge in [0.05, 0.1) is 14.2 Å². The van der Waals surface area contributed by atoms with E-state index in [1.54, 1.807) is 14.2 Å². The van der Waals surface area contributed by atoms with Gasteiger partial charge in [0.2, 0.25) is 11.8 Å². The Balaban J connectivity index is 1.70. The first-order valence-electron chi connectivity index (χ1n) is 9.28. The molecule has 4 bridgehead atoms. The van der Waals surface area contributed by atoms with Crippen LogP contribution in [0.15, 0.2) is 9.98 Å². The predicted octanol–water partition coefficient (Wildman–Crippen LogP) is 3.70. The summed E-state index contributed by atoms with van der Waals surface area (Å²) in [5, 5.41) is 0. The van der Waals surface area contributed by atoms with Crippen LogP contribution in [0, 0.1) is 29.1 Å².